The molecule has 0 spiro atoms. The van der Waals surface area contributed by atoms with Crippen molar-refractivity contribution in [1.29, 1.82) is 0 Å². The number of hydrogen-bond donors (Lipinski definition) is 2. The first-order valence-electron chi connectivity index (χ1n) is 7.74. The zero-order chi connectivity index (χ0) is 17.4. The van der Waals surface area contributed by atoms with Crippen molar-refractivity contribution in [3.8, 4) is 11.6 Å². The minimum Gasteiger partial charge on any atom is -0.497 e. The SMILES string of the molecule is CCC(Nc1cccc(OC)c1)C(=O)NCCOc1nonc1C. The Morgan fingerprint density at radius 2 is 2.21 bits per heavy atom. The Morgan fingerprint density at radius 1 is 1.38 bits per heavy atom. The van der Waals surface area contributed by atoms with Crippen LogP contribution >= 0.6 is 0 Å². The minimum absolute atomic E-state index is 0.0982. The Morgan fingerprint density at radius 3 is 2.88 bits per heavy atom. The van der Waals surface area contributed by atoms with Gasteiger partial charge in [-0.1, -0.05) is 18.1 Å². The number of rotatable bonds is 9. The maximum absolute atomic E-state index is 12.3. The Kier molecular flexibility index (Phi) is 6.41. The van der Waals surface area contributed by atoms with E-state index < -0.39 is 0 Å². The highest BCUT2D eigenvalue weighted by Crippen LogP contribution is 2.18. The fourth-order valence-electron chi connectivity index (χ4n) is 2.07. The van der Waals surface area contributed by atoms with E-state index >= 15 is 0 Å². The van der Waals surface area contributed by atoms with Crippen LogP contribution in [0.2, 0.25) is 0 Å². The lowest BCUT2D eigenvalue weighted by molar-refractivity contribution is -0.122. The summed E-state index contributed by atoms with van der Waals surface area (Å²) >= 11 is 0. The number of carbonyl (C=O) groups excluding carboxylic acids is 1. The molecule has 0 aliphatic heterocycles. The predicted molar refractivity (Wildman–Crippen MR) is 88.2 cm³/mol. The van der Waals surface area contributed by atoms with Gasteiger partial charge in [0.25, 0.3) is 5.88 Å². The molecule has 0 saturated heterocycles. The number of aryl methyl sites for hydroxylation is 1. The van der Waals surface area contributed by atoms with Gasteiger partial charge in [0.2, 0.25) is 5.91 Å². The van der Waals surface area contributed by atoms with Gasteiger partial charge in [0.15, 0.2) is 0 Å². The van der Waals surface area contributed by atoms with E-state index in [9.17, 15) is 4.79 Å². The van der Waals surface area contributed by atoms with Crippen LogP contribution in [0.4, 0.5) is 5.69 Å². The molecule has 2 rings (SSSR count). The average molecular weight is 334 g/mol. The van der Waals surface area contributed by atoms with E-state index in [1.807, 2.05) is 31.2 Å². The molecule has 0 bridgehead atoms. The van der Waals surface area contributed by atoms with Crippen molar-refractivity contribution in [3.05, 3.63) is 30.0 Å². The smallest absolute Gasteiger partial charge is 0.278 e. The first-order chi connectivity index (χ1) is 11.6. The lowest BCUT2D eigenvalue weighted by Gasteiger charge is -2.18. The average Bonchev–Trinajstić information content (AvgIpc) is 3.01. The van der Waals surface area contributed by atoms with Crippen molar-refractivity contribution in [1.82, 2.24) is 15.6 Å². The highest BCUT2D eigenvalue weighted by Gasteiger charge is 2.16. The van der Waals surface area contributed by atoms with Gasteiger partial charge in [0, 0.05) is 11.8 Å². The van der Waals surface area contributed by atoms with Crippen LogP contribution in [0.5, 0.6) is 11.6 Å². The molecule has 1 aromatic heterocycles. The van der Waals surface area contributed by atoms with E-state index in [0.29, 0.717) is 24.5 Å². The second kappa shape index (κ2) is 8.76. The van der Waals surface area contributed by atoms with Crippen molar-refractivity contribution >= 4 is 11.6 Å². The van der Waals surface area contributed by atoms with Crippen LogP contribution in [0.15, 0.2) is 28.9 Å². The molecule has 1 amide bonds. The zero-order valence-electron chi connectivity index (χ0n) is 14.0. The first kappa shape index (κ1) is 17.6. The van der Waals surface area contributed by atoms with Gasteiger partial charge >= 0.3 is 0 Å². The Balaban J connectivity index is 1.79. The molecule has 0 radical (unpaired) electrons. The molecule has 0 aliphatic rings. The Bertz CT molecular complexity index is 659. The van der Waals surface area contributed by atoms with Crippen molar-refractivity contribution in [2.45, 2.75) is 26.3 Å². The molecule has 2 N–H and O–H groups in total. The standard InChI is InChI=1S/C16H22N4O4/c1-4-14(18-12-6-5-7-13(10-12)22-3)15(21)17-8-9-23-16-11(2)19-24-20-16/h5-7,10,14,18H,4,8-9H2,1-3H3,(H,17,21). The maximum atomic E-state index is 12.3. The third kappa shape index (κ3) is 4.87. The number of anilines is 1. The normalized spacial score (nSPS) is 11.6. The summed E-state index contributed by atoms with van der Waals surface area (Å²) in [5.74, 6) is 0.977. The van der Waals surface area contributed by atoms with E-state index in [1.54, 1.807) is 14.0 Å². The number of carbonyl (C=O) groups is 1. The number of amides is 1. The van der Waals surface area contributed by atoms with E-state index in [2.05, 4.69) is 25.6 Å². The van der Waals surface area contributed by atoms with Crippen molar-refractivity contribution in [3.63, 3.8) is 0 Å². The molecule has 1 unspecified atom stereocenters. The summed E-state index contributed by atoms with van der Waals surface area (Å²) in [4.78, 5) is 12.3. The summed E-state index contributed by atoms with van der Waals surface area (Å²) < 4.78 is 15.1. The fourth-order valence-corrected chi connectivity index (χ4v) is 2.07. The van der Waals surface area contributed by atoms with E-state index in [4.69, 9.17) is 9.47 Å². The van der Waals surface area contributed by atoms with E-state index in [1.165, 1.54) is 0 Å². The molecular formula is C16H22N4O4. The van der Waals surface area contributed by atoms with Gasteiger partial charge in [0.05, 0.1) is 13.7 Å². The van der Waals surface area contributed by atoms with Crippen LogP contribution < -0.4 is 20.1 Å². The second-order valence-corrected chi connectivity index (χ2v) is 5.13. The molecule has 1 aromatic carbocycles. The number of nitrogens with one attached hydrogen (secondary N) is 2. The maximum Gasteiger partial charge on any atom is 0.278 e. The lowest BCUT2D eigenvalue weighted by Crippen LogP contribution is -2.40. The molecule has 1 heterocycles. The van der Waals surface area contributed by atoms with Crippen LogP contribution in [0, 0.1) is 6.92 Å². The minimum atomic E-state index is -0.340. The van der Waals surface area contributed by atoms with Gasteiger partial charge in [-0.2, -0.15) is 0 Å². The van der Waals surface area contributed by atoms with Gasteiger partial charge in [-0.15, -0.1) is 0 Å². The highest BCUT2D eigenvalue weighted by atomic mass is 16.6. The van der Waals surface area contributed by atoms with E-state index in [0.717, 1.165) is 11.4 Å². The van der Waals surface area contributed by atoms with Crippen LogP contribution in [-0.4, -0.2) is 42.5 Å². The van der Waals surface area contributed by atoms with Gasteiger partial charge < -0.3 is 20.1 Å². The summed E-state index contributed by atoms with van der Waals surface area (Å²) in [6.07, 6.45) is 0.649. The molecule has 8 nitrogen and oxygen atoms in total. The summed E-state index contributed by atoms with van der Waals surface area (Å²) in [6, 6.07) is 7.12. The summed E-state index contributed by atoms with van der Waals surface area (Å²) in [6.45, 7) is 4.33. The Labute approximate surface area is 140 Å². The largest absolute Gasteiger partial charge is 0.497 e. The highest BCUT2D eigenvalue weighted by molar-refractivity contribution is 5.84. The molecule has 0 fully saturated rings. The molecule has 130 valence electrons. The van der Waals surface area contributed by atoms with Gasteiger partial charge in [-0.05, 0) is 30.6 Å². The number of benzene rings is 1. The zero-order valence-corrected chi connectivity index (χ0v) is 14.0. The Hall–Kier alpha value is -2.77. The lowest BCUT2D eigenvalue weighted by atomic mass is 10.2. The molecule has 2 aromatic rings. The van der Waals surface area contributed by atoms with Gasteiger partial charge in [-0.25, -0.2) is 4.63 Å². The monoisotopic (exact) mass is 334 g/mol. The van der Waals surface area contributed by atoms with Crippen molar-refractivity contribution < 1.29 is 18.9 Å². The fraction of sp³-hybridized carbons (Fsp3) is 0.438. The third-order valence-electron chi connectivity index (χ3n) is 3.39. The molecule has 8 heteroatoms. The van der Waals surface area contributed by atoms with Crippen molar-refractivity contribution in [2.75, 3.05) is 25.6 Å². The summed E-state index contributed by atoms with van der Waals surface area (Å²) in [5.41, 5.74) is 1.41. The molecule has 0 saturated carbocycles. The molecule has 1 atom stereocenters. The third-order valence-corrected chi connectivity index (χ3v) is 3.39. The van der Waals surface area contributed by atoms with Gasteiger partial charge in [-0.3, -0.25) is 4.79 Å². The predicted octanol–water partition coefficient (Wildman–Crippen LogP) is 1.77. The first-order valence-corrected chi connectivity index (χ1v) is 7.74. The molecule has 24 heavy (non-hydrogen) atoms. The number of methoxy groups -OCH3 is 1. The number of nitrogens with zero attached hydrogens (tertiary/aromatic N) is 2. The van der Waals surface area contributed by atoms with Crippen molar-refractivity contribution in [2.24, 2.45) is 0 Å². The van der Waals surface area contributed by atoms with E-state index in [-0.39, 0.29) is 18.6 Å². The molecule has 0 aliphatic carbocycles. The number of ether oxygens (including phenoxy) is 2. The van der Waals surface area contributed by atoms with Gasteiger partial charge in [0.1, 0.15) is 24.1 Å². The van der Waals surface area contributed by atoms with Crippen LogP contribution in [0.25, 0.3) is 0 Å². The summed E-state index contributed by atoms with van der Waals surface area (Å²) in [5, 5.41) is 13.2. The van der Waals surface area contributed by atoms with Crippen LogP contribution in [0.1, 0.15) is 19.0 Å². The van der Waals surface area contributed by atoms with Crippen LogP contribution in [-0.2, 0) is 4.79 Å². The number of aromatic nitrogens is 2. The molecular weight excluding hydrogens is 312 g/mol. The quantitative estimate of drug-likeness (QED) is 0.674. The number of hydrogen-bond acceptors (Lipinski definition) is 7. The topological polar surface area (TPSA) is 98.5 Å². The summed E-state index contributed by atoms with van der Waals surface area (Å²) in [7, 11) is 1.61. The van der Waals surface area contributed by atoms with Crippen LogP contribution in [0.3, 0.4) is 0 Å². The second-order valence-electron chi connectivity index (χ2n) is 5.13.